The summed E-state index contributed by atoms with van der Waals surface area (Å²) < 4.78 is 28.9. The van der Waals surface area contributed by atoms with E-state index in [9.17, 15) is 8.78 Å². The van der Waals surface area contributed by atoms with E-state index < -0.39 is 18.9 Å². The van der Waals surface area contributed by atoms with Crippen LogP contribution in [0.4, 0.5) is 26.2 Å². The van der Waals surface area contributed by atoms with Crippen molar-refractivity contribution in [1.29, 1.82) is 0 Å². The summed E-state index contributed by atoms with van der Waals surface area (Å²) in [5.74, 6) is 0.933. The van der Waals surface area contributed by atoms with Gasteiger partial charge in [0, 0.05) is 45.5 Å². The first-order chi connectivity index (χ1) is 15.5. The average Bonchev–Trinajstić information content (AvgIpc) is 3.21. The average molecular weight is 444 g/mol. The maximum atomic E-state index is 14.6. The highest BCUT2D eigenvalue weighted by atomic mass is 19.1. The third-order valence-corrected chi connectivity index (χ3v) is 5.63. The number of anilines is 2. The fraction of sp³-hybridized carbons (Fsp3) is 0.476. The van der Waals surface area contributed by atoms with Crippen LogP contribution in [0, 0.1) is 6.92 Å². The Morgan fingerprint density at radius 2 is 2.09 bits per heavy atom. The van der Waals surface area contributed by atoms with Crippen LogP contribution in [0.25, 0.3) is 16.8 Å². The first-order valence-corrected chi connectivity index (χ1v) is 10.6. The van der Waals surface area contributed by atoms with Crippen molar-refractivity contribution in [2.45, 2.75) is 25.6 Å². The van der Waals surface area contributed by atoms with E-state index in [-0.39, 0.29) is 13.1 Å². The van der Waals surface area contributed by atoms with Gasteiger partial charge in [-0.15, -0.1) is 5.10 Å². The smallest absolute Gasteiger partial charge is 0.243 e. The number of hydrogen-bond acceptors (Lipinski definition) is 8. The third-order valence-electron chi connectivity index (χ3n) is 5.63. The zero-order chi connectivity index (χ0) is 22.7. The molecule has 1 aliphatic rings. The zero-order valence-electron chi connectivity index (χ0n) is 18.4. The maximum absolute atomic E-state index is 14.6. The Bertz CT molecular complexity index is 1110. The Kier molecular flexibility index (Phi) is 6.54. The second-order valence-electron chi connectivity index (χ2n) is 7.70. The van der Waals surface area contributed by atoms with Crippen molar-refractivity contribution in [3.63, 3.8) is 0 Å². The summed E-state index contributed by atoms with van der Waals surface area (Å²) in [6.07, 6.45) is 1.25. The molecule has 0 radical (unpaired) electrons. The molecule has 1 fully saturated rings. The Morgan fingerprint density at radius 1 is 1.25 bits per heavy atom. The summed E-state index contributed by atoms with van der Waals surface area (Å²) >= 11 is 0. The minimum atomic E-state index is -1.13. The molecule has 11 heteroatoms. The highest BCUT2D eigenvalue weighted by Crippen LogP contribution is 2.31. The van der Waals surface area contributed by atoms with Gasteiger partial charge in [0.05, 0.1) is 17.4 Å². The molecule has 3 aromatic rings. The number of nitrogens with zero attached hydrogens (tertiary/aromatic N) is 7. The number of alkyl halides is 2. The van der Waals surface area contributed by atoms with E-state index in [4.69, 9.17) is 0 Å². The summed E-state index contributed by atoms with van der Waals surface area (Å²) in [6, 6.07) is 5.26. The predicted octanol–water partition coefficient (Wildman–Crippen LogP) is 3.65. The molecule has 0 bridgehead atoms. The molecular weight excluding hydrogens is 416 g/mol. The van der Waals surface area contributed by atoms with E-state index in [1.54, 1.807) is 23.5 Å². The quantitative estimate of drug-likeness (QED) is 0.542. The molecule has 0 amide bonds. The van der Waals surface area contributed by atoms with Crippen LogP contribution in [0.1, 0.15) is 12.1 Å². The van der Waals surface area contributed by atoms with E-state index in [0.29, 0.717) is 24.7 Å². The van der Waals surface area contributed by atoms with Crippen molar-refractivity contribution >= 4 is 23.0 Å². The van der Waals surface area contributed by atoms with Crippen molar-refractivity contribution in [3.05, 3.63) is 30.1 Å². The van der Waals surface area contributed by atoms with Gasteiger partial charge >= 0.3 is 0 Å². The Balaban J connectivity index is 1.62. The number of likely N-dealkylation sites (tertiary alicyclic amines) is 1. The monoisotopic (exact) mass is 443 g/mol. The van der Waals surface area contributed by atoms with Gasteiger partial charge in [-0.2, -0.15) is 15.2 Å². The Labute approximate surface area is 185 Å². The van der Waals surface area contributed by atoms with Gasteiger partial charge in [0.2, 0.25) is 5.95 Å². The topological polar surface area (TPSA) is 95.1 Å². The summed E-state index contributed by atoms with van der Waals surface area (Å²) in [5, 5.41) is 18.7. The van der Waals surface area contributed by atoms with Crippen LogP contribution in [0.3, 0.4) is 0 Å². The molecule has 0 aromatic carbocycles. The number of hydrogen-bond donors (Lipinski definition) is 2. The number of aromatic nitrogens is 4. The summed E-state index contributed by atoms with van der Waals surface area (Å²) in [7, 11) is 3.40. The van der Waals surface area contributed by atoms with Crippen LogP contribution < -0.4 is 10.6 Å². The van der Waals surface area contributed by atoms with E-state index in [1.807, 2.05) is 31.3 Å². The first kappa shape index (κ1) is 22.0. The van der Waals surface area contributed by atoms with Crippen LogP contribution in [-0.2, 0) is 0 Å². The molecule has 4 rings (SSSR count). The lowest BCUT2D eigenvalue weighted by Crippen LogP contribution is -2.48. The molecule has 9 nitrogen and oxygen atoms in total. The molecule has 0 aliphatic carbocycles. The summed E-state index contributed by atoms with van der Waals surface area (Å²) in [4.78, 5) is 11.0. The second-order valence-corrected chi connectivity index (χ2v) is 7.70. The number of rotatable bonds is 7. The number of nitrogens with one attached hydrogen (secondary N) is 2. The Morgan fingerprint density at radius 3 is 2.78 bits per heavy atom. The molecule has 32 heavy (non-hydrogen) atoms. The van der Waals surface area contributed by atoms with Crippen LogP contribution in [0.15, 0.2) is 34.6 Å². The van der Waals surface area contributed by atoms with Crippen molar-refractivity contribution in [3.8, 4) is 11.3 Å². The zero-order valence-corrected chi connectivity index (χ0v) is 18.4. The predicted molar refractivity (Wildman–Crippen MR) is 120 cm³/mol. The summed E-state index contributed by atoms with van der Waals surface area (Å²) in [6.45, 7) is 2.52. The normalized spacial score (nSPS) is 19.7. The number of piperidine rings is 1. The van der Waals surface area contributed by atoms with Crippen LogP contribution >= 0.6 is 0 Å². The van der Waals surface area contributed by atoms with E-state index in [2.05, 4.69) is 35.9 Å². The van der Waals surface area contributed by atoms with E-state index in [1.165, 1.54) is 0 Å². The van der Waals surface area contributed by atoms with E-state index in [0.717, 1.165) is 28.2 Å². The number of pyridine rings is 1. The van der Waals surface area contributed by atoms with Gasteiger partial charge in [0.25, 0.3) is 0 Å². The van der Waals surface area contributed by atoms with Gasteiger partial charge in [0.15, 0.2) is 5.82 Å². The molecule has 4 heterocycles. The third kappa shape index (κ3) is 4.38. The molecule has 2 atom stereocenters. The first-order valence-electron chi connectivity index (χ1n) is 10.6. The molecule has 1 saturated heterocycles. The number of aryl methyl sites for hydroxylation is 1. The molecule has 2 unspecified atom stereocenters. The fourth-order valence-corrected chi connectivity index (χ4v) is 4.00. The molecule has 3 aromatic heterocycles. The van der Waals surface area contributed by atoms with Crippen molar-refractivity contribution in [2.75, 3.05) is 51.0 Å². The highest BCUT2D eigenvalue weighted by molar-refractivity contribution is 5.87. The molecule has 0 saturated carbocycles. The number of azo groups is 1. The SMILES string of the molecule is CN=Nc1ccc(-c2ccn3nc(NC4CCN(CCF)CC4F)nc(NC)c23)nc1C. The Hall–Kier alpha value is -3.21. The number of fused-ring (bicyclic) bond motifs is 1. The van der Waals surface area contributed by atoms with Crippen molar-refractivity contribution in [2.24, 2.45) is 10.2 Å². The fourth-order valence-electron chi connectivity index (χ4n) is 4.00. The van der Waals surface area contributed by atoms with Gasteiger partial charge in [-0.25, -0.2) is 13.3 Å². The molecule has 1 aliphatic heterocycles. The largest absolute Gasteiger partial charge is 0.371 e. The minimum absolute atomic E-state index is 0.203. The molecule has 170 valence electrons. The molecule has 0 spiro atoms. The molecule has 2 N–H and O–H groups in total. The van der Waals surface area contributed by atoms with Crippen LogP contribution in [0.5, 0.6) is 0 Å². The van der Waals surface area contributed by atoms with Gasteiger partial charge in [0.1, 0.15) is 24.1 Å². The lowest BCUT2D eigenvalue weighted by molar-refractivity contribution is 0.120. The minimum Gasteiger partial charge on any atom is -0.371 e. The lowest BCUT2D eigenvalue weighted by Gasteiger charge is -2.34. The second kappa shape index (κ2) is 9.51. The van der Waals surface area contributed by atoms with E-state index >= 15 is 0 Å². The van der Waals surface area contributed by atoms with Crippen LogP contribution in [0.2, 0.25) is 0 Å². The standard InChI is InChI=1S/C21H27F2N9/c1-13-16(29-25-3)4-5-17(26-13)14-6-10-32-19(14)20(24-2)28-21(30-32)27-18-7-9-31(11-8-22)12-15(18)23/h4-6,10,15,18H,7-9,11-12H2,1-3H3,(H2,24,27,28,30). The van der Waals surface area contributed by atoms with Gasteiger partial charge < -0.3 is 10.6 Å². The van der Waals surface area contributed by atoms with Crippen LogP contribution in [-0.4, -0.2) is 77.1 Å². The van der Waals surface area contributed by atoms with Crippen molar-refractivity contribution in [1.82, 2.24) is 24.5 Å². The van der Waals surface area contributed by atoms with Crippen molar-refractivity contribution < 1.29 is 8.78 Å². The molecular formula is C21H27F2N9. The summed E-state index contributed by atoms with van der Waals surface area (Å²) in [5.41, 5.74) is 3.89. The highest BCUT2D eigenvalue weighted by Gasteiger charge is 2.30. The number of halogens is 2. The lowest BCUT2D eigenvalue weighted by atomic mass is 10.0. The van der Waals surface area contributed by atoms with Gasteiger partial charge in [-0.1, -0.05) is 0 Å². The maximum Gasteiger partial charge on any atom is 0.243 e. The van der Waals surface area contributed by atoms with Gasteiger partial charge in [-0.3, -0.25) is 9.88 Å². The van der Waals surface area contributed by atoms with Gasteiger partial charge in [-0.05, 0) is 31.5 Å².